The lowest BCUT2D eigenvalue weighted by molar-refractivity contribution is 0.623. The highest BCUT2D eigenvalue weighted by Crippen LogP contribution is 2.45. The maximum absolute atomic E-state index is 6.58. The number of benzene rings is 6. The third-order valence-electron chi connectivity index (χ3n) is 8.04. The molecule has 3 nitrogen and oxygen atoms in total. The third-order valence-corrected chi connectivity index (χ3v) is 9.24. The van der Waals surface area contributed by atoms with Crippen LogP contribution in [0.15, 0.2) is 138 Å². The monoisotopic (exact) mass is 542 g/mol. The van der Waals surface area contributed by atoms with Gasteiger partial charge < -0.3 is 8.98 Å². The maximum Gasteiger partial charge on any atom is 0.227 e. The van der Waals surface area contributed by atoms with Crippen molar-refractivity contribution in [2.75, 3.05) is 0 Å². The highest BCUT2D eigenvalue weighted by Gasteiger charge is 2.20. The van der Waals surface area contributed by atoms with Crippen LogP contribution in [-0.4, -0.2) is 9.55 Å². The fourth-order valence-electron chi connectivity index (χ4n) is 6.18. The van der Waals surface area contributed by atoms with E-state index < -0.39 is 0 Å². The number of hydrogen-bond donors (Lipinski definition) is 0. The second kappa shape index (κ2) is 8.65. The van der Waals surface area contributed by atoms with Gasteiger partial charge in [-0.1, -0.05) is 84.9 Å². The lowest BCUT2D eigenvalue weighted by Crippen LogP contribution is -1.93. The average Bonchev–Trinajstić information content (AvgIpc) is 3.73. The molecular formula is C37H22N2OS. The number of oxazole rings is 1. The normalized spacial score (nSPS) is 11.9. The van der Waals surface area contributed by atoms with E-state index in [2.05, 4.69) is 138 Å². The van der Waals surface area contributed by atoms with Crippen LogP contribution in [0.25, 0.3) is 81.3 Å². The van der Waals surface area contributed by atoms with Crippen molar-refractivity contribution in [2.45, 2.75) is 0 Å². The van der Waals surface area contributed by atoms with Crippen LogP contribution in [0.2, 0.25) is 0 Å². The molecular weight excluding hydrogens is 520 g/mol. The van der Waals surface area contributed by atoms with Gasteiger partial charge in [-0.25, -0.2) is 4.98 Å². The summed E-state index contributed by atoms with van der Waals surface area (Å²) in [6.07, 6.45) is 0. The van der Waals surface area contributed by atoms with E-state index in [4.69, 9.17) is 9.40 Å². The first-order valence-electron chi connectivity index (χ1n) is 13.7. The summed E-state index contributed by atoms with van der Waals surface area (Å²) in [6, 6.07) is 47.0. The van der Waals surface area contributed by atoms with Crippen molar-refractivity contribution in [1.29, 1.82) is 0 Å². The molecule has 0 N–H and O–H groups in total. The van der Waals surface area contributed by atoms with E-state index in [0.717, 1.165) is 27.7 Å². The number of nitrogens with zero attached hydrogens (tertiary/aromatic N) is 2. The zero-order chi connectivity index (χ0) is 26.9. The molecule has 0 radical (unpaired) electrons. The van der Waals surface area contributed by atoms with E-state index in [1.165, 1.54) is 47.7 Å². The minimum atomic E-state index is 0.635. The Morgan fingerprint density at radius 1 is 0.585 bits per heavy atom. The molecule has 9 rings (SSSR count). The Hall–Kier alpha value is -5.19. The molecule has 0 fully saturated rings. The molecule has 0 spiro atoms. The Morgan fingerprint density at radius 2 is 1.22 bits per heavy atom. The van der Waals surface area contributed by atoms with Gasteiger partial charge in [-0.2, -0.15) is 0 Å². The zero-order valence-corrected chi connectivity index (χ0v) is 22.7. The molecule has 0 aliphatic rings. The van der Waals surface area contributed by atoms with Crippen molar-refractivity contribution in [3.63, 3.8) is 0 Å². The van der Waals surface area contributed by atoms with E-state index in [-0.39, 0.29) is 0 Å². The summed E-state index contributed by atoms with van der Waals surface area (Å²) < 4.78 is 11.4. The third kappa shape index (κ3) is 3.35. The SMILES string of the molecule is c1ccc(-c2cc3nc(-c4ccc(-n5c6ccccc6c6ccccc65)cc4)oc3c3c2sc2ccccc23)cc1. The van der Waals surface area contributed by atoms with Gasteiger partial charge in [0, 0.05) is 47.8 Å². The second-order valence-electron chi connectivity index (χ2n) is 10.4. The highest BCUT2D eigenvalue weighted by molar-refractivity contribution is 7.26. The Bertz CT molecular complexity index is 2360. The number of hydrogen-bond acceptors (Lipinski definition) is 3. The van der Waals surface area contributed by atoms with Crippen molar-refractivity contribution < 1.29 is 4.42 Å². The van der Waals surface area contributed by atoms with Gasteiger partial charge in [0.1, 0.15) is 5.52 Å². The van der Waals surface area contributed by atoms with Crippen LogP contribution in [0.4, 0.5) is 0 Å². The zero-order valence-electron chi connectivity index (χ0n) is 21.9. The van der Waals surface area contributed by atoms with Crippen LogP contribution < -0.4 is 0 Å². The van der Waals surface area contributed by atoms with E-state index in [0.29, 0.717) is 5.89 Å². The van der Waals surface area contributed by atoms with Gasteiger partial charge in [0.05, 0.1) is 11.0 Å². The molecule has 0 amide bonds. The molecule has 0 saturated heterocycles. The topological polar surface area (TPSA) is 31.0 Å². The molecule has 3 aromatic heterocycles. The summed E-state index contributed by atoms with van der Waals surface area (Å²) >= 11 is 1.81. The molecule has 9 aromatic rings. The molecule has 0 saturated carbocycles. The molecule has 0 unspecified atom stereocenters. The summed E-state index contributed by atoms with van der Waals surface area (Å²) in [7, 11) is 0. The van der Waals surface area contributed by atoms with Crippen molar-refractivity contribution in [3.8, 4) is 28.3 Å². The van der Waals surface area contributed by atoms with E-state index >= 15 is 0 Å². The van der Waals surface area contributed by atoms with Gasteiger partial charge in [0.25, 0.3) is 0 Å². The fraction of sp³-hybridized carbons (Fsp3) is 0. The van der Waals surface area contributed by atoms with Crippen molar-refractivity contribution in [3.05, 3.63) is 133 Å². The predicted octanol–water partition coefficient (Wildman–Crippen LogP) is 10.6. The molecule has 192 valence electrons. The van der Waals surface area contributed by atoms with E-state index in [9.17, 15) is 0 Å². The lowest BCUT2D eigenvalue weighted by atomic mass is 10.0. The maximum atomic E-state index is 6.58. The van der Waals surface area contributed by atoms with Crippen molar-refractivity contribution in [1.82, 2.24) is 9.55 Å². The molecule has 0 atom stereocenters. The first-order valence-corrected chi connectivity index (χ1v) is 14.5. The summed E-state index contributed by atoms with van der Waals surface area (Å²) in [5.41, 5.74) is 8.56. The van der Waals surface area contributed by atoms with Gasteiger partial charge in [0.15, 0.2) is 5.58 Å². The number of fused-ring (bicyclic) bond motifs is 8. The molecule has 3 heterocycles. The summed E-state index contributed by atoms with van der Waals surface area (Å²) in [6.45, 7) is 0. The van der Waals surface area contributed by atoms with Crippen LogP contribution in [0.5, 0.6) is 0 Å². The predicted molar refractivity (Wildman–Crippen MR) is 172 cm³/mol. The number of thiophene rings is 1. The van der Waals surface area contributed by atoms with E-state index in [1.807, 2.05) is 11.3 Å². The van der Waals surface area contributed by atoms with Gasteiger partial charge >= 0.3 is 0 Å². The van der Waals surface area contributed by atoms with Crippen LogP contribution in [0.1, 0.15) is 0 Å². The van der Waals surface area contributed by atoms with E-state index in [1.54, 1.807) is 0 Å². The number of aromatic nitrogens is 2. The molecule has 4 heteroatoms. The van der Waals surface area contributed by atoms with Crippen LogP contribution in [-0.2, 0) is 0 Å². The van der Waals surface area contributed by atoms with Crippen molar-refractivity contribution in [2.24, 2.45) is 0 Å². The Kier molecular flexibility index (Phi) is 4.77. The van der Waals surface area contributed by atoms with Crippen LogP contribution in [0, 0.1) is 0 Å². The molecule has 41 heavy (non-hydrogen) atoms. The number of para-hydroxylation sites is 2. The van der Waals surface area contributed by atoms with Gasteiger partial charge in [-0.3, -0.25) is 0 Å². The Labute approximate surface area is 239 Å². The Morgan fingerprint density at radius 3 is 1.95 bits per heavy atom. The van der Waals surface area contributed by atoms with Gasteiger partial charge in [0.2, 0.25) is 5.89 Å². The molecule has 6 aromatic carbocycles. The van der Waals surface area contributed by atoms with Gasteiger partial charge in [-0.05, 0) is 54.1 Å². The average molecular weight is 543 g/mol. The summed E-state index contributed by atoms with van der Waals surface area (Å²) in [5.74, 6) is 0.635. The largest absolute Gasteiger partial charge is 0.435 e. The number of rotatable bonds is 3. The van der Waals surface area contributed by atoms with Crippen molar-refractivity contribution >= 4 is 64.4 Å². The molecule has 0 aliphatic heterocycles. The first kappa shape index (κ1) is 22.6. The lowest BCUT2D eigenvalue weighted by Gasteiger charge is -2.08. The first-order chi connectivity index (χ1) is 20.3. The second-order valence-corrected chi connectivity index (χ2v) is 11.4. The standard InChI is InChI=1S/C37H22N2OS/c1-2-10-23(11-3-1)29-22-30-35(34-28-14-6-9-17-33(28)41-36(29)34)40-37(38-30)24-18-20-25(21-19-24)39-31-15-7-4-12-26(31)27-13-5-8-16-32(27)39/h1-22H. The summed E-state index contributed by atoms with van der Waals surface area (Å²) in [5, 5.41) is 4.86. The van der Waals surface area contributed by atoms with Crippen LogP contribution in [0.3, 0.4) is 0 Å². The minimum Gasteiger partial charge on any atom is -0.435 e. The Balaban J connectivity index is 1.23. The molecule has 0 bridgehead atoms. The molecule has 0 aliphatic carbocycles. The smallest absolute Gasteiger partial charge is 0.227 e. The van der Waals surface area contributed by atoms with Crippen LogP contribution >= 0.6 is 11.3 Å². The van der Waals surface area contributed by atoms with Gasteiger partial charge in [-0.15, -0.1) is 11.3 Å². The quantitative estimate of drug-likeness (QED) is 0.222. The highest BCUT2D eigenvalue weighted by atomic mass is 32.1. The summed E-state index contributed by atoms with van der Waals surface area (Å²) in [4.78, 5) is 5.03. The fourth-order valence-corrected chi connectivity index (χ4v) is 7.42. The minimum absolute atomic E-state index is 0.635.